The number of hydrogen-bond donors (Lipinski definition) is 1. The number of ether oxygens (including phenoxy) is 3. The van der Waals surface area contributed by atoms with Gasteiger partial charge in [0.2, 0.25) is 0 Å². The lowest BCUT2D eigenvalue weighted by molar-refractivity contribution is -0.0920. The molecule has 0 saturated carbocycles. The van der Waals surface area contributed by atoms with Gasteiger partial charge in [-0.2, -0.15) is 0 Å². The van der Waals surface area contributed by atoms with Crippen LogP contribution in [0.15, 0.2) is 129 Å². The number of aromatic amines is 1. The highest BCUT2D eigenvalue weighted by molar-refractivity contribution is 9.10. The monoisotopic (exact) mass is 797 g/mol. The second kappa shape index (κ2) is 15.4. The Morgan fingerprint density at radius 2 is 1.57 bits per heavy atom. The van der Waals surface area contributed by atoms with E-state index in [2.05, 4.69) is 81.0 Å². The maximum absolute atomic E-state index is 13.1. The molecule has 0 bridgehead atoms. The Kier molecular flexibility index (Phi) is 10.5. The van der Waals surface area contributed by atoms with E-state index in [1.54, 1.807) is 7.11 Å². The number of hydrogen-bond acceptors (Lipinski definition) is 8. The summed E-state index contributed by atoms with van der Waals surface area (Å²) in [5, 5.41) is 0. The summed E-state index contributed by atoms with van der Waals surface area (Å²) in [5.74, 6) is 0.737. The SMILES string of the molecule is COc1ccc(C(OCC2OC(n3cc(Br)c(=O)[nH]c3=O)CC2OP2O[C@@H](c3ccccc3)[C@H]3CCCN32)(c2ccccc2)c2ccc(C)cc2)cc1. The van der Waals surface area contributed by atoms with Crippen molar-refractivity contribution in [1.29, 1.82) is 0 Å². The van der Waals surface area contributed by atoms with Gasteiger partial charge in [-0.05, 0) is 70.1 Å². The molecule has 0 radical (unpaired) electrons. The summed E-state index contributed by atoms with van der Waals surface area (Å²) < 4.78 is 37.2. The molecule has 1 aromatic heterocycles. The molecule has 10 nitrogen and oxygen atoms in total. The molecular weight excluding hydrogens is 757 g/mol. The molecular formula is C41H41BrN3O7P. The molecule has 274 valence electrons. The summed E-state index contributed by atoms with van der Waals surface area (Å²) in [4.78, 5) is 27.8. The molecule has 5 unspecified atom stereocenters. The fraction of sp³-hybridized carbons (Fsp3) is 0.317. The van der Waals surface area contributed by atoms with Crippen LogP contribution in [0, 0.1) is 6.92 Å². The van der Waals surface area contributed by atoms with Crippen molar-refractivity contribution in [3.8, 4) is 5.75 Å². The van der Waals surface area contributed by atoms with Crippen LogP contribution in [0.25, 0.3) is 0 Å². The highest BCUT2D eigenvalue weighted by Gasteiger charge is 2.51. The molecule has 8 rings (SSSR count). The summed E-state index contributed by atoms with van der Waals surface area (Å²) in [7, 11) is 0.208. The number of halogens is 1. The fourth-order valence-electron chi connectivity index (χ4n) is 7.69. The minimum Gasteiger partial charge on any atom is -0.497 e. The molecule has 0 amide bonds. The van der Waals surface area contributed by atoms with Crippen LogP contribution in [0.1, 0.15) is 59.4 Å². The third-order valence-electron chi connectivity index (χ3n) is 10.4. The second-order valence-electron chi connectivity index (χ2n) is 13.7. The number of H-pyrrole nitrogens is 1. The van der Waals surface area contributed by atoms with E-state index in [1.807, 2.05) is 60.7 Å². The van der Waals surface area contributed by atoms with E-state index < -0.39 is 43.8 Å². The Bertz CT molecular complexity index is 2130. The quantitative estimate of drug-likeness (QED) is 0.107. The Labute approximate surface area is 317 Å². The third kappa shape index (κ3) is 7.08. The number of nitrogens with zero attached hydrogens (tertiary/aromatic N) is 2. The Morgan fingerprint density at radius 3 is 2.26 bits per heavy atom. The number of nitrogens with one attached hydrogen (secondary N) is 1. The summed E-state index contributed by atoms with van der Waals surface area (Å²) in [6, 6.07) is 37.0. The van der Waals surface area contributed by atoms with Crippen molar-refractivity contribution in [3.63, 3.8) is 0 Å². The van der Waals surface area contributed by atoms with Crippen LogP contribution in [0.4, 0.5) is 0 Å². The zero-order valence-corrected chi connectivity index (χ0v) is 31.9. The molecule has 3 fully saturated rings. The highest BCUT2D eigenvalue weighted by atomic mass is 79.9. The van der Waals surface area contributed by atoms with Crippen LogP contribution in [0.2, 0.25) is 0 Å². The molecule has 4 heterocycles. The van der Waals surface area contributed by atoms with Crippen LogP contribution in [0.5, 0.6) is 5.75 Å². The van der Waals surface area contributed by atoms with E-state index >= 15 is 0 Å². The van der Waals surface area contributed by atoms with Crippen LogP contribution < -0.4 is 16.0 Å². The zero-order chi connectivity index (χ0) is 36.5. The summed E-state index contributed by atoms with van der Waals surface area (Å²) in [6.07, 6.45) is 1.98. The Morgan fingerprint density at radius 1 is 0.906 bits per heavy atom. The van der Waals surface area contributed by atoms with Crippen molar-refractivity contribution in [2.75, 3.05) is 20.3 Å². The van der Waals surface area contributed by atoms with Gasteiger partial charge in [-0.25, -0.2) is 9.46 Å². The predicted molar refractivity (Wildman–Crippen MR) is 206 cm³/mol. The van der Waals surface area contributed by atoms with Crippen molar-refractivity contribution in [2.45, 2.75) is 62.4 Å². The lowest BCUT2D eigenvalue weighted by atomic mass is 9.79. The smallest absolute Gasteiger partial charge is 0.330 e. The first-order chi connectivity index (χ1) is 25.8. The van der Waals surface area contributed by atoms with Gasteiger partial charge in [-0.3, -0.25) is 14.3 Å². The molecule has 7 atom stereocenters. The van der Waals surface area contributed by atoms with E-state index in [9.17, 15) is 9.59 Å². The highest BCUT2D eigenvalue weighted by Crippen LogP contribution is 2.61. The van der Waals surface area contributed by atoms with Crippen LogP contribution in [-0.2, 0) is 24.1 Å². The number of rotatable bonds is 11. The van der Waals surface area contributed by atoms with Crippen molar-refractivity contribution < 1.29 is 23.3 Å². The number of aromatic nitrogens is 2. The molecule has 3 saturated heterocycles. The molecule has 3 aliphatic heterocycles. The first-order valence-corrected chi connectivity index (χ1v) is 19.8. The largest absolute Gasteiger partial charge is 0.497 e. The Balaban J connectivity index is 1.16. The average Bonchev–Trinajstić information content (AvgIpc) is 3.92. The van der Waals surface area contributed by atoms with E-state index in [0.717, 1.165) is 53.0 Å². The first kappa shape index (κ1) is 36.1. The van der Waals surface area contributed by atoms with Crippen LogP contribution in [-0.4, -0.2) is 52.7 Å². The molecule has 5 aromatic rings. The fourth-order valence-corrected chi connectivity index (χ4v) is 10.00. The van der Waals surface area contributed by atoms with Gasteiger partial charge in [0, 0.05) is 25.2 Å². The van der Waals surface area contributed by atoms with Crippen molar-refractivity contribution in [3.05, 3.63) is 169 Å². The molecule has 0 spiro atoms. The lowest BCUT2D eigenvalue weighted by Crippen LogP contribution is -2.38. The van der Waals surface area contributed by atoms with E-state index in [-0.39, 0.29) is 23.2 Å². The van der Waals surface area contributed by atoms with Gasteiger partial charge in [0.1, 0.15) is 29.8 Å². The average molecular weight is 799 g/mol. The van der Waals surface area contributed by atoms with Crippen molar-refractivity contribution >= 4 is 24.5 Å². The maximum atomic E-state index is 13.1. The summed E-state index contributed by atoms with van der Waals surface area (Å²) in [6.45, 7) is 3.06. The maximum Gasteiger partial charge on any atom is 0.330 e. The molecule has 4 aromatic carbocycles. The van der Waals surface area contributed by atoms with Gasteiger partial charge in [0.15, 0.2) is 0 Å². The number of fused-ring (bicyclic) bond motifs is 1. The standard InChI is InChI=1S/C41H41BrN3O7P/c1-27-15-17-30(18-16-27)41(29-12-7-4-8-13-29,31-19-21-32(48-2)22-20-31)49-26-36-35(24-37(50-36)44-25-33(42)39(46)43-40(44)47)51-53-45-23-9-14-34(45)38(52-53)28-10-5-3-6-11-28/h3-8,10-13,15-22,25,34-38H,9,14,23-24,26H2,1-2H3,(H,43,46,47)/t34-,35?,36?,37?,38+,41?,53?/m1/s1. The summed E-state index contributed by atoms with van der Waals surface area (Å²) in [5.41, 5.74) is 2.95. The van der Waals surface area contributed by atoms with E-state index in [0.29, 0.717) is 6.42 Å². The van der Waals surface area contributed by atoms with Crippen molar-refractivity contribution in [2.24, 2.45) is 0 Å². The molecule has 3 aliphatic rings. The second-order valence-corrected chi connectivity index (χ2v) is 15.9. The van der Waals surface area contributed by atoms with E-state index in [1.165, 1.54) is 10.8 Å². The third-order valence-corrected chi connectivity index (χ3v) is 12.7. The van der Waals surface area contributed by atoms with Gasteiger partial charge < -0.3 is 23.3 Å². The number of benzene rings is 4. The van der Waals surface area contributed by atoms with Crippen LogP contribution >= 0.6 is 24.5 Å². The summed E-state index contributed by atoms with van der Waals surface area (Å²) >= 11 is 3.29. The van der Waals surface area contributed by atoms with Crippen LogP contribution in [0.3, 0.4) is 0 Å². The molecule has 12 heteroatoms. The van der Waals surface area contributed by atoms with E-state index in [4.69, 9.17) is 23.3 Å². The van der Waals surface area contributed by atoms with Crippen molar-refractivity contribution in [1.82, 2.24) is 14.2 Å². The molecule has 0 aliphatic carbocycles. The van der Waals surface area contributed by atoms with Gasteiger partial charge in [0.05, 0.1) is 24.3 Å². The Hall–Kier alpha value is -3.93. The number of aryl methyl sites for hydroxylation is 1. The zero-order valence-electron chi connectivity index (χ0n) is 29.5. The lowest BCUT2D eigenvalue weighted by Gasteiger charge is -2.37. The van der Waals surface area contributed by atoms with Gasteiger partial charge >= 0.3 is 5.69 Å². The molecule has 53 heavy (non-hydrogen) atoms. The number of methoxy groups -OCH3 is 1. The van der Waals surface area contributed by atoms with Gasteiger partial charge in [-0.1, -0.05) is 103 Å². The topological polar surface area (TPSA) is 104 Å². The van der Waals surface area contributed by atoms with Gasteiger partial charge in [0.25, 0.3) is 14.1 Å². The molecule has 1 N–H and O–H groups in total. The minimum absolute atomic E-state index is 0.0993. The normalized spacial score (nSPS) is 25.3. The van der Waals surface area contributed by atoms with Gasteiger partial charge in [-0.15, -0.1) is 0 Å². The minimum atomic E-state index is -1.44. The first-order valence-electron chi connectivity index (χ1n) is 17.9. The predicted octanol–water partition coefficient (Wildman–Crippen LogP) is 7.76.